The Morgan fingerprint density at radius 1 is 1.12 bits per heavy atom. The number of nitrogens with zero attached hydrogens (tertiary/aromatic N) is 2. The first-order valence-electron chi connectivity index (χ1n) is 7.05. The third-order valence-corrected chi connectivity index (χ3v) is 3.57. The maximum atomic E-state index is 13.2. The molecule has 0 fully saturated rings. The molecule has 2 aromatic carbocycles. The molecule has 1 N–H and O–H groups in total. The summed E-state index contributed by atoms with van der Waals surface area (Å²) in [5.74, 6) is -1.03. The first-order chi connectivity index (χ1) is 11.5. The van der Waals surface area contributed by atoms with Crippen LogP contribution in [0.2, 0.25) is 5.02 Å². The summed E-state index contributed by atoms with van der Waals surface area (Å²) in [5, 5.41) is 6.99. The lowest BCUT2D eigenvalue weighted by Gasteiger charge is -2.03. The summed E-state index contributed by atoms with van der Waals surface area (Å²) < 4.78 is 27.6. The molecule has 3 rings (SSSR count). The van der Waals surface area contributed by atoms with Gasteiger partial charge in [-0.3, -0.25) is 9.48 Å². The highest BCUT2D eigenvalue weighted by molar-refractivity contribution is 6.33. The molecule has 0 saturated carbocycles. The lowest BCUT2D eigenvalue weighted by Crippen LogP contribution is -2.13. The summed E-state index contributed by atoms with van der Waals surface area (Å²) in [5.41, 5.74) is 0.998. The van der Waals surface area contributed by atoms with Crippen LogP contribution < -0.4 is 5.32 Å². The van der Waals surface area contributed by atoms with E-state index in [9.17, 15) is 13.6 Å². The summed E-state index contributed by atoms with van der Waals surface area (Å²) >= 11 is 6.07. The molecule has 1 aromatic heterocycles. The Morgan fingerprint density at radius 2 is 1.88 bits per heavy atom. The van der Waals surface area contributed by atoms with Crippen LogP contribution in [0.1, 0.15) is 15.9 Å². The van der Waals surface area contributed by atoms with Crippen LogP contribution in [0.25, 0.3) is 0 Å². The summed E-state index contributed by atoms with van der Waals surface area (Å²) in [6.45, 7) is 0.309. The van der Waals surface area contributed by atoms with E-state index in [4.69, 9.17) is 11.6 Å². The molecule has 4 nitrogen and oxygen atoms in total. The number of amides is 1. The van der Waals surface area contributed by atoms with Crippen LogP contribution in [0.5, 0.6) is 0 Å². The van der Waals surface area contributed by atoms with Gasteiger partial charge in [-0.25, -0.2) is 8.78 Å². The predicted molar refractivity (Wildman–Crippen MR) is 87.1 cm³/mol. The molecule has 0 saturated heterocycles. The van der Waals surface area contributed by atoms with Gasteiger partial charge in [-0.15, -0.1) is 0 Å². The fourth-order valence-corrected chi connectivity index (χ4v) is 2.36. The van der Waals surface area contributed by atoms with Crippen molar-refractivity contribution in [2.24, 2.45) is 0 Å². The van der Waals surface area contributed by atoms with Crippen molar-refractivity contribution < 1.29 is 13.6 Å². The first kappa shape index (κ1) is 16.1. The van der Waals surface area contributed by atoms with E-state index in [2.05, 4.69) is 10.4 Å². The van der Waals surface area contributed by atoms with Gasteiger partial charge in [0.2, 0.25) is 0 Å². The molecule has 24 heavy (non-hydrogen) atoms. The topological polar surface area (TPSA) is 46.9 Å². The van der Waals surface area contributed by atoms with Crippen LogP contribution >= 0.6 is 11.6 Å². The van der Waals surface area contributed by atoms with Gasteiger partial charge in [-0.2, -0.15) is 5.10 Å². The smallest absolute Gasteiger partial charge is 0.256 e. The molecule has 3 aromatic rings. The summed E-state index contributed by atoms with van der Waals surface area (Å²) in [6.07, 6.45) is 1.53. The maximum absolute atomic E-state index is 13.2. The Bertz CT molecular complexity index is 878. The molecule has 0 aliphatic heterocycles. The molecule has 1 heterocycles. The molecule has 0 unspecified atom stereocenters. The van der Waals surface area contributed by atoms with E-state index in [1.807, 2.05) is 0 Å². The lowest BCUT2D eigenvalue weighted by molar-refractivity contribution is 0.102. The van der Waals surface area contributed by atoms with Crippen molar-refractivity contribution in [3.63, 3.8) is 0 Å². The number of hydrogen-bond donors (Lipinski definition) is 1. The van der Waals surface area contributed by atoms with Crippen molar-refractivity contribution in [2.75, 3.05) is 5.32 Å². The van der Waals surface area contributed by atoms with Crippen LogP contribution in [-0.2, 0) is 6.54 Å². The highest BCUT2D eigenvalue weighted by Gasteiger charge is 2.12. The fraction of sp³-hybridized carbons (Fsp3) is 0.0588. The molecule has 1 amide bonds. The van der Waals surface area contributed by atoms with E-state index in [0.29, 0.717) is 12.1 Å². The van der Waals surface area contributed by atoms with Crippen LogP contribution in [0, 0.1) is 11.6 Å². The Kier molecular flexibility index (Phi) is 4.57. The number of halogens is 3. The molecular weight excluding hydrogens is 336 g/mol. The maximum Gasteiger partial charge on any atom is 0.256 e. The van der Waals surface area contributed by atoms with Crippen LogP contribution in [0.15, 0.2) is 54.7 Å². The van der Waals surface area contributed by atoms with Gasteiger partial charge in [0.05, 0.1) is 6.54 Å². The van der Waals surface area contributed by atoms with E-state index in [-0.39, 0.29) is 22.2 Å². The monoisotopic (exact) mass is 347 g/mol. The number of benzene rings is 2. The number of anilines is 1. The van der Waals surface area contributed by atoms with Crippen LogP contribution in [0.3, 0.4) is 0 Å². The number of carbonyl (C=O) groups is 1. The van der Waals surface area contributed by atoms with Gasteiger partial charge in [0, 0.05) is 11.8 Å². The molecule has 0 spiro atoms. The van der Waals surface area contributed by atoms with Gasteiger partial charge in [0.15, 0.2) is 5.82 Å². The predicted octanol–water partition coefficient (Wildman–Crippen LogP) is 4.12. The normalized spacial score (nSPS) is 10.6. The van der Waals surface area contributed by atoms with Crippen molar-refractivity contribution in [3.05, 3.63) is 82.5 Å². The Morgan fingerprint density at radius 3 is 2.58 bits per heavy atom. The molecule has 7 heteroatoms. The standard InChI is InChI=1S/C17H12ClF2N3O/c18-15-10-23(9-11-2-1-3-14(20)8-11)22-16(15)21-17(24)12-4-6-13(19)7-5-12/h1-8,10H,9H2,(H,21,22,24). The molecule has 0 aliphatic carbocycles. The van der Waals surface area contributed by atoms with Crippen molar-refractivity contribution in [1.29, 1.82) is 0 Å². The number of aromatic nitrogens is 2. The van der Waals surface area contributed by atoms with Crippen LogP contribution in [-0.4, -0.2) is 15.7 Å². The molecule has 0 atom stereocenters. The zero-order valence-corrected chi connectivity index (χ0v) is 13.1. The van der Waals surface area contributed by atoms with Gasteiger partial charge >= 0.3 is 0 Å². The SMILES string of the molecule is O=C(Nc1nn(Cc2cccc(F)c2)cc1Cl)c1ccc(F)cc1. The van der Waals surface area contributed by atoms with E-state index in [1.165, 1.54) is 47.3 Å². The Balaban J connectivity index is 1.74. The van der Waals surface area contributed by atoms with Gasteiger partial charge < -0.3 is 5.32 Å². The van der Waals surface area contributed by atoms with Crippen molar-refractivity contribution >= 4 is 23.3 Å². The molecule has 0 bridgehead atoms. The number of nitrogens with one attached hydrogen (secondary N) is 1. The average molecular weight is 348 g/mol. The summed E-state index contributed by atoms with van der Waals surface area (Å²) in [4.78, 5) is 12.1. The largest absolute Gasteiger partial charge is 0.304 e. The highest BCUT2D eigenvalue weighted by atomic mass is 35.5. The minimum absolute atomic E-state index is 0.183. The minimum atomic E-state index is -0.451. The van der Waals surface area contributed by atoms with Gasteiger partial charge in [-0.05, 0) is 42.0 Å². The summed E-state index contributed by atoms with van der Waals surface area (Å²) in [6, 6.07) is 11.2. The highest BCUT2D eigenvalue weighted by Crippen LogP contribution is 2.21. The van der Waals surface area contributed by atoms with Crippen molar-refractivity contribution in [2.45, 2.75) is 6.54 Å². The van der Waals surface area contributed by atoms with E-state index >= 15 is 0 Å². The van der Waals surface area contributed by atoms with Gasteiger partial charge in [-0.1, -0.05) is 23.7 Å². The van der Waals surface area contributed by atoms with E-state index < -0.39 is 11.7 Å². The molecule has 0 aliphatic rings. The van der Waals surface area contributed by atoms with Crippen molar-refractivity contribution in [1.82, 2.24) is 9.78 Å². The molecular formula is C17H12ClF2N3O. The summed E-state index contributed by atoms with van der Waals surface area (Å²) in [7, 11) is 0. The van der Waals surface area contributed by atoms with E-state index in [1.54, 1.807) is 12.1 Å². The second kappa shape index (κ2) is 6.80. The fourth-order valence-electron chi connectivity index (χ4n) is 2.17. The second-order valence-electron chi connectivity index (χ2n) is 5.11. The second-order valence-corrected chi connectivity index (χ2v) is 5.52. The average Bonchev–Trinajstić information content (AvgIpc) is 2.87. The van der Waals surface area contributed by atoms with Gasteiger partial charge in [0.1, 0.15) is 16.7 Å². The lowest BCUT2D eigenvalue weighted by atomic mass is 10.2. The number of rotatable bonds is 4. The zero-order valence-electron chi connectivity index (χ0n) is 12.3. The third-order valence-electron chi connectivity index (χ3n) is 3.29. The van der Waals surface area contributed by atoms with Crippen LogP contribution in [0.4, 0.5) is 14.6 Å². The van der Waals surface area contributed by atoms with E-state index in [0.717, 1.165) is 0 Å². The quantitative estimate of drug-likeness (QED) is 0.772. The molecule has 122 valence electrons. The Hall–Kier alpha value is -2.73. The molecule has 0 radical (unpaired) electrons. The van der Waals surface area contributed by atoms with Gasteiger partial charge in [0.25, 0.3) is 5.91 Å². The zero-order chi connectivity index (χ0) is 17.1. The Labute approximate surface area is 141 Å². The first-order valence-corrected chi connectivity index (χ1v) is 7.43. The number of carbonyl (C=O) groups excluding carboxylic acids is 1. The minimum Gasteiger partial charge on any atom is -0.304 e. The number of hydrogen-bond acceptors (Lipinski definition) is 2. The third kappa shape index (κ3) is 3.78. The van der Waals surface area contributed by atoms with Crippen molar-refractivity contribution in [3.8, 4) is 0 Å².